The average Bonchev–Trinajstić information content (AvgIpc) is 2.36. The van der Waals surface area contributed by atoms with Crippen molar-refractivity contribution in [1.29, 1.82) is 0 Å². The first-order valence-electron chi connectivity index (χ1n) is 6.49. The molecular formula is C17H18BrNO. The van der Waals surface area contributed by atoms with Crippen molar-refractivity contribution in [2.24, 2.45) is 0 Å². The fraction of sp³-hybridized carbons (Fsp3) is 0.235. The minimum atomic E-state index is -0.0153. The Morgan fingerprint density at radius 1 is 1.00 bits per heavy atom. The monoisotopic (exact) mass is 331 g/mol. The predicted octanol–water partition coefficient (Wildman–Crippen LogP) is 4.56. The van der Waals surface area contributed by atoms with Crippen LogP contribution in [0.4, 0.5) is 5.69 Å². The molecule has 2 nitrogen and oxygen atoms in total. The van der Waals surface area contributed by atoms with E-state index in [-0.39, 0.29) is 11.2 Å². The van der Waals surface area contributed by atoms with E-state index < -0.39 is 0 Å². The van der Waals surface area contributed by atoms with Gasteiger partial charge < -0.3 is 5.73 Å². The summed E-state index contributed by atoms with van der Waals surface area (Å²) in [5.74, 6) is -0.0153. The number of ketones is 1. The highest BCUT2D eigenvalue weighted by atomic mass is 79.9. The summed E-state index contributed by atoms with van der Waals surface area (Å²) >= 11 is 3.36. The van der Waals surface area contributed by atoms with Gasteiger partial charge in [0.05, 0.1) is 0 Å². The molecule has 0 aliphatic carbocycles. The molecule has 0 saturated carbocycles. The molecular weight excluding hydrogens is 314 g/mol. The molecule has 2 aromatic carbocycles. The smallest absolute Gasteiger partial charge is 0.193 e. The Balaban J connectivity index is 2.34. The lowest BCUT2D eigenvalue weighted by molar-refractivity contribution is 0.103. The van der Waals surface area contributed by atoms with Gasteiger partial charge in [-0.25, -0.2) is 0 Å². The van der Waals surface area contributed by atoms with Crippen molar-refractivity contribution >= 4 is 27.4 Å². The number of halogens is 1. The van der Waals surface area contributed by atoms with Gasteiger partial charge in [-0.05, 0) is 29.2 Å². The van der Waals surface area contributed by atoms with Gasteiger partial charge in [-0.3, -0.25) is 4.79 Å². The number of nitrogen functional groups attached to an aromatic ring is 1. The fourth-order valence-corrected chi connectivity index (χ4v) is 2.54. The molecule has 2 rings (SSSR count). The van der Waals surface area contributed by atoms with Crippen LogP contribution in [0.1, 0.15) is 42.3 Å². The summed E-state index contributed by atoms with van der Waals surface area (Å²) in [6, 6.07) is 13.0. The van der Waals surface area contributed by atoms with E-state index in [9.17, 15) is 4.79 Å². The number of rotatable bonds is 2. The Hall–Kier alpha value is -1.61. The second-order valence-electron chi connectivity index (χ2n) is 5.93. The Morgan fingerprint density at radius 3 is 2.10 bits per heavy atom. The van der Waals surface area contributed by atoms with Crippen molar-refractivity contribution in [3.63, 3.8) is 0 Å². The predicted molar refractivity (Wildman–Crippen MR) is 87.1 cm³/mol. The van der Waals surface area contributed by atoms with Gasteiger partial charge >= 0.3 is 0 Å². The topological polar surface area (TPSA) is 43.1 Å². The molecule has 2 N–H and O–H groups in total. The number of hydrogen-bond acceptors (Lipinski definition) is 2. The van der Waals surface area contributed by atoms with Gasteiger partial charge in [0.2, 0.25) is 0 Å². The second kappa shape index (κ2) is 5.41. The third kappa shape index (κ3) is 3.28. The summed E-state index contributed by atoms with van der Waals surface area (Å²) in [7, 11) is 0. The zero-order valence-corrected chi connectivity index (χ0v) is 13.5. The Morgan fingerprint density at radius 2 is 1.60 bits per heavy atom. The van der Waals surface area contributed by atoms with E-state index >= 15 is 0 Å². The molecule has 0 unspecified atom stereocenters. The van der Waals surface area contributed by atoms with Crippen LogP contribution in [-0.4, -0.2) is 5.78 Å². The van der Waals surface area contributed by atoms with Crippen molar-refractivity contribution in [2.45, 2.75) is 26.2 Å². The average molecular weight is 332 g/mol. The largest absolute Gasteiger partial charge is 0.399 e. The van der Waals surface area contributed by atoms with E-state index in [1.165, 1.54) is 5.56 Å². The van der Waals surface area contributed by atoms with Crippen LogP contribution in [-0.2, 0) is 5.41 Å². The van der Waals surface area contributed by atoms with Crippen molar-refractivity contribution in [3.8, 4) is 0 Å². The minimum absolute atomic E-state index is 0.0153. The molecule has 0 radical (unpaired) electrons. The molecule has 3 heteroatoms. The molecule has 0 heterocycles. The third-order valence-corrected chi connectivity index (χ3v) is 3.65. The summed E-state index contributed by atoms with van der Waals surface area (Å²) in [4.78, 5) is 12.4. The van der Waals surface area contributed by atoms with Gasteiger partial charge in [-0.15, -0.1) is 0 Å². The summed E-state index contributed by atoms with van der Waals surface area (Å²) in [5.41, 5.74) is 8.92. The third-order valence-electron chi connectivity index (χ3n) is 3.20. The van der Waals surface area contributed by atoms with E-state index in [0.29, 0.717) is 16.8 Å². The molecule has 104 valence electrons. The maximum Gasteiger partial charge on any atom is 0.193 e. The molecule has 0 aliphatic rings. The van der Waals surface area contributed by atoms with E-state index in [1.807, 2.05) is 24.3 Å². The van der Waals surface area contributed by atoms with E-state index in [1.54, 1.807) is 18.2 Å². The number of anilines is 1. The highest BCUT2D eigenvalue weighted by Gasteiger charge is 2.15. The lowest BCUT2D eigenvalue weighted by atomic mass is 9.86. The number of carbonyl (C=O) groups excluding carboxylic acids is 1. The number of carbonyl (C=O) groups is 1. The van der Waals surface area contributed by atoms with Crippen LogP contribution in [0.3, 0.4) is 0 Å². The summed E-state index contributed by atoms with van der Waals surface area (Å²) in [5, 5.41) is 0. The molecule has 0 fully saturated rings. The number of benzene rings is 2. The Bertz CT molecular complexity index is 619. The normalized spacial score (nSPS) is 11.4. The molecule has 20 heavy (non-hydrogen) atoms. The van der Waals surface area contributed by atoms with E-state index in [4.69, 9.17) is 5.73 Å². The van der Waals surface area contributed by atoms with Crippen molar-refractivity contribution in [1.82, 2.24) is 0 Å². The lowest BCUT2D eigenvalue weighted by Crippen LogP contribution is -2.11. The van der Waals surface area contributed by atoms with Gasteiger partial charge in [0.1, 0.15) is 0 Å². The van der Waals surface area contributed by atoms with Crippen molar-refractivity contribution in [3.05, 3.63) is 63.6 Å². The maximum absolute atomic E-state index is 12.4. The van der Waals surface area contributed by atoms with Gasteiger partial charge in [0, 0.05) is 21.3 Å². The highest BCUT2D eigenvalue weighted by Crippen LogP contribution is 2.24. The van der Waals surface area contributed by atoms with Crippen molar-refractivity contribution in [2.75, 3.05) is 5.73 Å². The maximum atomic E-state index is 12.4. The first kappa shape index (κ1) is 14.8. The zero-order valence-electron chi connectivity index (χ0n) is 11.9. The molecule has 0 aliphatic heterocycles. The molecule has 2 aromatic rings. The Labute approximate surface area is 128 Å². The van der Waals surface area contributed by atoms with Gasteiger partial charge in [0.25, 0.3) is 0 Å². The molecule has 0 bridgehead atoms. The van der Waals surface area contributed by atoms with Gasteiger partial charge in [-0.1, -0.05) is 61.0 Å². The van der Waals surface area contributed by atoms with E-state index in [2.05, 4.69) is 36.7 Å². The molecule has 0 aromatic heterocycles. The van der Waals surface area contributed by atoms with Crippen LogP contribution in [0.25, 0.3) is 0 Å². The quantitative estimate of drug-likeness (QED) is 0.647. The first-order valence-corrected chi connectivity index (χ1v) is 7.28. The second-order valence-corrected chi connectivity index (χ2v) is 6.85. The summed E-state index contributed by atoms with van der Waals surface area (Å²) < 4.78 is 0.812. The summed E-state index contributed by atoms with van der Waals surface area (Å²) in [6.45, 7) is 6.45. The van der Waals surface area contributed by atoms with Crippen LogP contribution in [0.2, 0.25) is 0 Å². The molecule has 0 saturated heterocycles. The van der Waals surface area contributed by atoms with Crippen molar-refractivity contribution < 1.29 is 4.79 Å². The van der Waals surface area contributed by atoms with Gasteiger partial charge in [-0.2, -0.15) is 0 Å². The van der Waals surface area contributed by atoms with Gasteiger partial charge in [0.15, 0.2) is 5.78 Å². The number of hydrogen-bond donors (Lipinski definition) is 1. The van der Waals surface area contributed by atoms with Crippen LogP contribution >= 0.6 is 15.9 Å². The SMILES string of the molecule is CC(C)(C)c1ccc(C(=O)c2cc(N)cc(Br)c2)cc1. The lowest BCUT2D eigenvalue weighted by Gasteiger charge is -2.19. The Kier molecular flexibility index (Phi) is 4.00. The fourth-order valence-electron chi connectivity index (χ4n) is 2.03. The van der Waals surface area contributed by atoms with Crippen LogP contribution in [0.5, 0.6) is 0 Å². The number of nitrogens with two attached hydrogens (primary N) is 1. The van der Waals surface area contributed by atoms with Crippen LogP contribution < -0.4 is 5.73 Å². The molecule has 0 spiro atoms. The minimum Gasteiger partial charge on any atom is -0.399 e. The molecule has 0 amide bonds. The van der Waals surface area contributed by atoms with Crippen LogP contribution in [0, 0.1) is 0 Å². The zero-order chi connectivity index (χ0) is 14.9. The summed E-state index contributed by atoms with van der Waals surface area (Å²) in [6.07, 6.45) is 0. The first-order chi connectivity index (χ1) is 9.27. The standard InChI is InChI=1S/C17H18BrNO/c1-17(2,3)13-6-4-11(5-7-13)16(20)12-8-14(18)10-15(19)9-12/h4-10H,19H2,1-3H3. The van der Waals surface area contributed by atoms with E-state index in [0.717, 1.165) is 4.47 Å². The molecule has 0 atom stereocenters. The van der Waals surface area contributed by atoms with Crippen LogP contribution in [0.15, 0.2) is 46.9 Å². The highest BCUT2D eigenvalue weighted by molar-refractivity contribution is 9.10.